The molecule has 0 aliphatic rings. The lowest BCUT2D eigenvalue weighted by molar-refractivity contribution is 0.206. The average molecular weight is 248 g/mol. The fraction of sp³-hybridized carbons (Fsp3) is 0.533. The average Bonchev–Trinajstić information content (AvgIpc) is 2.35. The van der Waals surface area contributed by atoms with Crippen LogP contribution < -0.4 is 5.32 Å². The molecule has 0 aliphatic carbocycles. The molecule has 1 N–H and O–H groups in total. The standard InChI is InChI=1S/C15H24N2O/c1-13(2)8-7-11-16-15(18)17(3)12-14-9-5-4-6-10-14/h4-6,9-10,13H,7-8,11-12H2,1-3H3,(H,16,18). The lowest BCUT2D eigenvalue weighted by Gasteiger charge is -2.18. The van der Waals surface area contributed by atoms with Gasteiger partial charge in [-0.15, -0.1) is 0 Å². The molecule has 0 fully saturated rings. The predicted octanol–water partition coefficient (Wildman–Crippen LogP) is 3.26. The Hall–Kier alpha value is -1.51. The first kappa shape index (κ1) is 14.6. The molecule has 0 bridgehead atoms. The second-order valence-electron chi connectivity index (χ2n) is 5.11. The minimum atomic E-state index is 0.00242. The van der Waals surface area contributed by atoms with Gasteiger partial charge < -0.3 is 10.2 Å². The summed E-state index contributed by atoms with van der Waals surface area (Å²) in [7, 11) is 1.82. The number of hydrogen-bond acceptors (Lipinski definition) is 1. The molecule has 3 heteroatoms. The van der Waals surface area contributed by atoms with E-state index in [0.717, 1.165) is 24.9 Å². The Balaban J connectivity index is 2.25. The second kappa shape index (κ2) is 7.75. The van der Waals surface area contributed by atoms with Crippen molar-refractivity contribution in [2.24, 2.45) is 5.92 Å². The quantitative estimate of drug-likeness (QED) is 0.770. The van der Waals surface area contributed by atoms with E-state index >= 15 is 0 Å². The van der Waals surface area contributed by atoms with E-state index < -0.39 is 0 Å². The van der Waals surface area contributed by atoms with Gasteiger partial charge in [0, 0.05) is 20.1 Å². The van der Waals surface area contributed by atoms with E-state index in [1.165, 1.54) is 0 Å². The summed E-state index contributed by atoms with van der Waals surface area (Å²) < 4.78 is 0. The molecule has 1 aromatic carbocycles. The number of nitrogens with one attached hydrogen (secondary N) is 1. The Morgan fingerprint density at radius 3 is 2.56 bits per heavy atom. The highest BCUT2D eigenvalue weighted by Crippen LogP contribution is 2.04. The summed E-state index contributed by atoms with van der Waals surface area (Å²) in [4.78, 5) is 13.5. The smallest absolute Gasteiger partial charge is 0.317 e. The largest absolute Gasteiger partial charge is 0.338 e. The normalized spacial score (nSPS) is 10.4. The SMILES string of the molecule is CC(C)CCCNC(=O)N(C)Cc1ccccc1. The highest BCUT2D eigenvalue weighted by atomic mass is 16.2. The van der Waals surface area contributed by atoms with Crippen LogP contribution in [0.5, 0.6) is 0 Å². The van der Waals surface area contributed by atoms with Crippen molar-refractivity contribution in [2.75, 3.05) is 13.6 Å². The van der Waals surface area contributed by atoms with E-state index in [2.05, 4.69) is 19.2 Å². The molecule has 0 heterocycles. The van der Waals surface area contributed by atoms with Crippen LogP contribution in [0.1, 0.15) is 32.3 Å². The van der Waals surface area contributed by atoms with Crippen LogP contribution in [0.25, 0.3) is 0 Å². The minimum absolute atomic E-state index is 0.00242. The molecule has 1 aromatic rings. The summed E-state index contributed by atoms with van der Waals surface area (Å²) in [6, 6.07) is 10.0. The van der Waals surface area contributed by atoms with Crippen LogP contribution >= 0.6 is 0 Å². The summed E-state index contributed by atoms with van der Waals surface area (Å²) in [6.07, 6.45) is 2.20. The predicted molar refractivity (Wildman–Crippen MR) is 75.4 cm³/mol. The third-order valence-electron chi connectivity index (χ3n) is 2.84. The number of carbonyl (C=O) groups excluding carboxylic acids is 1. The maximum atomic E-state index is 11.8. The maximum absolute atomic E-state index is 11.8. The van der Waals surface area contributed by atoms with Crippen LogP contribution in [-0.2, 0) is 6.54 Å². The molecule has 0 saturated heterocycles. The van der Waals surface area contributed by atoms with Crippen molar-refractivity contribution < 1.29 is 4.79 Å². The topological polar surface area (TPSA) is 32.3 Å². The molecule has 2 amide bonds. The highest BCUT2D eigenvalue weighted by molar-refractivity contribution is 5.73. The molecular weight excluding hydrogens is 224 g/mol. The fourth-order valence-corrected chi connectivity index (χ4v) is 1.77. The monoisotopic (exact) mass is 248 g/mol. The number of nitrogens with zero attached hydrogens (tertiary/aromatic N) is 1. The van der Waals surface area contributed by atoms with Crippen LogP contribution in [0.3, 0.4) is 0 Å². The van der Waals surface area contributed by atoms with Crippen LogP contribution in [-0.4, -0.2) is 24.5 Å². The van der Waals surface area contributed by atoms with Crippen molar-refractivity contribution in [2.45, 2.75) is 33.2 Å². The van der Waals surface area contributed by atoms with Crippen LogP contribution in [0.2, 0.25) is 0 Å². The molecular formula is C15H24N2O. The Labute approximate surface area is 110 Å². The summed E-state index contributed by atoms with van der Waals surface area (Å²) >= 11 is 0. The van der Waals surface area contributed by atoms with Gasteiger partial charge in [0.1, 0.15) is 0 Å². The molecule has 0 aliphatic heterocycles. The first-order valence-corrected chi connectivity index (χ1v) is 6.62. The molecule has 0 spiro atoms. The third-order valence-corrected chi connectivity index (χ3v) is 2.84. The lowest BCUT2D eigenvalue weighted by Crippen LogP contribution is -2.37. The molecule has 0 radical (unpaired) electrons. The van der Waals surface area contributed by atoms with E-state index in [9.17, 15) is 4.79 Å². The molecule has 0 aromatic heterocycles. The van der Waals surface area contributed by atoms with Gasteiger partial charge in [-0.25, -0.2) is 4.79 Å². The summed E-state index contributed by atoms with van der Waals surface area (Å²) in [5.41, 5.74) is 1.15. The Kier molecular flexibility index (Phi) is 6.26. The van der Waals surface area contributed by atoms with Crippen molar-refractivity contribution in [3.05, 3.63) is 35.9 Å². The molecule has 0 atom stereocenters. The fourth-order valence-electron chi connectivity index (χ4n) is 1.77. The van der Waals surface area contributed by atoms with Crippen molar-refractivity contribution >= 4 is 6.03 Å². The zero-order valence-electron chi connectivity index (χ0n) is 11.6. The van der Waals surface area contributed by atoms with Gasteiger partial charge in [0.05, 0.1) is 0 Å². The van der Waals surface area contributed by atoms with Crippen LogP contribution in [0, 0.1) is 5.92 Å². The lowest BCUT2D eigenvalue weighted by atomic mass is 10.1. The van der Waals surface area contributed by atoms with Crippen LogP contribution in [0.15, 0.2) is 30.3 Å². The van der Waals surface area contributed by atoms with Crippen molar-refractivity contribution in [3.8, 4) is 0 Å². The number of urea groups is 1. The Morgan fingerprint density at radius 1 is 1.28 bits per heavy atom. The zero-order valence-corrected chi connectivity index (χ0v) is 11.6. The van der Waals surface area contributed by atoms with Gasteiger partial charge in [0.2, 0.25) is 0 Å². The first-order chi connectivity index (χ1) is 8.59. The van der Waals surface area contributed by atoms with E-state index in [1.807, 2.05) is 37.4 Å². The van der Waals surface area contributed by atoms with Crippen molar-refractivity contribution in [1.82, 2.24) is 10.2 Å². The van der Waals surface area contributed by atoms with Gasteiger partial charge >= 0.3 is 6.03 Å². The second-order valence-corrected chi connectivity index (χ2v) is 5.11. The van der Waals surface area contributed by atoms with E-state index in [0.29, 0.717) is 12.5 Å². The third kappa shape index (κ3) is 5.71. The number of carbonyl (C=O) groups is 1. The minimum Gasteiger partial charge on any atom is -0.338 e. The van der Waals surface area contributed by atoms with Gasteiger partial charge in [-0.2, -0.15) is 0 Å². The summed E-state index contributed by atoms with van der Waals surface area (Å²) in [6.45, 7) is 5.81. The van der Waals surface area contributed by atoms with Gasteiger partial charge in [-0.1, -0.05) is 44.2 Å². The molecule has 1 rings (SSSR count). The van der Waals surface area contributed by atoms with Gasteiger partial charge in [-0.3, -0.25) is 0 Å². The highest BCUT2D eigenvalue weighted by Gasteiger charge is 2.07. The summed E-state index contributed by atoms with van der Waals surface area (Å²) in [5.74, 6) is 0.698. The number of hydrogen-bond donors (Lipinski definition) is 1. The maximum Gasteiger partial charge on any atom is 0.317 e. The number of amides is 2. The Morgan fingerprint density at radius 2 is 1.94 bits per heavy atom. The van der Waals surface area contributed by atoms with E-state index in [-0.39, 0.29) is 6.03 Å². The van der Waals surface area contributed by atoms with Gasteiger partial charge in [-0.05, 0) is 24.3 Å². The van der Waals surface area contributed by atoms with Crippen molar-refractivity contribution in [1.29, 1.82) is 0 Å². The van der Waals surface area contributed by atoms with Gasteiger partial charge in [0.25, 0.3) is 0 Å². The molecule has 100 valence electrons. The van der Waals surface area contributed by atoms with Gasteiger partial charge in [0.15, 0.2) is 0 Å². The van der Waals surface area contributed by atoms with E-state index in [1.54, 1.807) is 4.90 Å². The molecule has 0 saturated carbocycles. The Bertz CT molecular complexity index is 349. The van der Waals surface area contributed by atoms with E-state index in [4.69, 9.17) is 0 Å². The number of rotatable bonds is 6. The summed E-state index contributed by atoms with van der Waals surface area (Å²) in [5, 5.41) is 2.95. The molecule has 18 heavy (non-hydrogen) atoms. The molecule has 3 nitrogen and oxygen atoms in total. The number of benzene rings is 1. The first-order valence-electron chi connectivity index (χ1n) is 6.62. The van der Waals surface area contributed by atoms with Crippen LogP contribution in [0.4, 0.5) is 4.79 Å². The zero-order chi connectivity index (χ0) is 13.4. The van der Waals surface area contributed by atoms with Crippen molar-refractivity contribution in [3.63, 3.8) is 0 Å². The molecule has 0 unspecified atom stereocenters.